The van der Waals surface area contributed by atoms with E-state index in [0.717, 1.165) is 38.3 Å². The summed E-state index contributed by atoms with van der Waals surface area (Å²) in [7, 11) is 0. The van der Waals surface area contributed by atoms with Crippen LogP contribution in [-0.4, -0.2) is 43.5 Å². The van der Waals surface area contributed by atoms with E-state index in [1.807, 2.05) is 24.0 Å². The summed E-state index contributed by atoms with van der Waals surface area (Å²) in [4.78, 5) is 14.3. The minimum atomic E-state index is 0.00475. The lowest BCUT2D eigenvalue weighted by Crippen LogP contribution is -2.47. The van der Waals surface area contributed by atoms with Crippen LogP contribution in [0.1, 0.15) is 30.5 Å². The van der Waals surface area contributed by atoms with E-state index >= 15 is 0 Å². The van der Waals surface area contributed by atoms with Crippen molar-refractivity contribution < 1.29 is 4.79 Å². The van der Waals surface area contributed by atoms with Crippen molar-refractivity contribution in [3.05, 3.63) is 35.4 Å². The largest absolute Gasteiger partial charge is 0.340 e. The normalized spacial score (nSPS) is 16.3. The predicted molar refractivity (Wildman–Crippen MR) is 81.6 cm³/mol. The second kappa shape index (κ2) is 7.77. The van der Waals surface area contributed by atoms with Gasteiger partial charge in [0.05, 0.1) is 11.6 Å². The molecule has 1 aromatic carbocycles. The van der Waals surface area contributed by atoms with Gasteiger partial charge in [0.2, 0.25) is 5.91 Å². The molecular weight excluding hydrogens is 264 g/mol. The number of nitrogens with zero attached hydrogens (tertiary/aromatic N) is 2. The quantitative estimate of drug-likeness (QED) is 0.848. The fourth-order valence-corrected chi connectivity index (χ4v) is 2.56. The molecule has 0 saturated carbocycles. The zero-order chi connectivity index (χ0) is 15.1. The molecule has 1 fully saturated rings. The number of carbonyl (C=O) groups is 1. The molecule has 1 aliphatic rings. The zero-order valence-corrected chi connectivity index (χ0v) is 12.4. The second-order valence-corrected chi connectivity index (χ2v) is 5.18. The highest BCUT2D eigenvalue weighted by Gasteiger charge is 2.21. The molecule has 1 aromatic rings. The highest BCUT2D eigenvalue weighted by Crippen LogP contribution is 2.19. The Kier molecular flexibility index (Phi) is 5.73. The van der Waals surface area contributed by atoms with Crippen LogP contribution in [0.3, 0.4) is 0 Å². The summed E-state index contributed by atoms with van der Waals surface area (Å²) >= 11 is 0. The lowest BCUT2D eigenvalue weighted by atomic mass is 10.0. The summed E-state index contributed by atoms with van der Waals surface area (Å²) < 4.78 is 0. The van der Waals surface area contributed by atoms with Gasteiger partial charge in [-0.2, -0.15) is 5.26 Å². The molecule has 0 bridgehead atoms. The van der Waals surface area contributed by atoms with Gasteiger partial charge in [-0.3, -0.25) is 4.79 Å². The first kappa shape index (κ1) is 15.5. The summed E-state index contributed by atoms with van der Waals surface area (Å²) in [5, 5.41) is 15.5. The summed E-state index contributed by atoms with van der Waals surface area (Å²) in [6, 6.07) is 9.58. The summed E-state index contributed by atoms with van der Waals surface area (Å²) in [5.41, 5.74) is 1.70. The maximum absolute atomic E-state index is 12.4. The van der Waals surface area contributed by atoms with Gasteiger partial charge in [-0.05, 0) is 24.2 Å². The van der Waals surface area contributed by atoms with Crippen LogP contribution < -0.4 is 10.6 Å². The lowest BCUT2D eigenvalue weighted by molar-refractivity contribution is -0.132. The minimum absolute atomic E-state index is 0.00475. The Labute approximate surface area is 125 Å². The number of carbonyl (C=O) groups excluding carboxylic acids is 1. The van der Waals surface area contributed by atoms with Crippen molar-refractivity contribution >= 4 is 5.91 Å². The molecule has 0 radical (unpaired) electrons. The number of piperazine rings is 1. The van der Waals surface area contributed by atoms with Crippen LogP contribution in [0.25, 0.3) is 0 Å². The molecule has 5 heteroatoms. The monoisotopic (exact) mass is 286 g/mol. The molecule has 2 N–H and O–H groups in total. The van der Waals surface area contributed by atoms with E-state index in [2.05, 4.69) is 16.7 Å². The van der Waals surface area contributed by atoms with Gasteiger partial charge in [0.15, 0.2) is 0 Å². The van der Waals surface area contributed by atoms with Gasteiger partial charge in [-0.15, -0.1) is 0 Å². The van der Waals surface area contributed by atoms with Gasteiger partial charge in [0, 0.05) is 38.6 Å². The lowest BCUT2D eigenvalue weighted by Gasteiger charge is -2.29. The number of amides is 1. The Morgan fingerprint density at radius 3 is 2.62 bits per heavy atom. The fourth-order valence-electron chi connectivity index (χ4n) is 2.56. The third kappa shape index (κ3) is 4.28. The molecule has 0 spiro atoms. The van der Waals surface area contributed by atoms with Crippen molar-refractivity contribution in [2.45, 2.75) is 19.4 Å². The SMILES string of the molecule is CCN[C@H](CC(=O)N1CCNCC1)c1ccc(C#N)cc1. The summed E-state index contributed by atoms with van der Waals surface area (Å²) in [5.74, 6) is 0.187. The molecule has 1 atom stereocenters. The van der Waals surface area contributed by atoms with Crippen LogP contribution in [0, 0.1) is 11.3 Å². The highest BCUT2D eigenvalue weighted by molar-refractivity contribution is 5.77. The van der Waals surface area contributed by atoms with E-state index in [0.29, 0.717) is 12.0 Å². The third-order valence-electron chi connectivity index (χ3n) is 3.74. The predicted octanol–water partition coefficient (Wildman–Crippen LogP) is 1.03. The van der Waals surface area contributed by atoms with Crippen LogP contribution in [-0.2, 0) is 4.79 Å². The van der Waals surface area contributed by atoms with E-state index in [-0.39, 0.29) is 11.9 Å². The Morgan fingerprint density at radius 2 is 2.05 bits per heavy atom. The minimum Gasteiger partial charge on any atom is -0.340 e. The molecular formula is C16H22N4O. The van der Waals surface area contributed by atoms with Crippen LogP contribution >= 0.6 is 0 Å². The molecule has 0 aromatic heterocycles. The molecule has 1 saturated heterocycles. The Bertz CT molecular complexity index is 500. The average molecular weight is 286 g/mol. The van der Waals surface area contributed by atoms with Crippen LogP contribution in [0.15, 0.2) is 24.3 Å². The number of rotatable bonds is 5. The number of hydrogen-bond donors (Lipinski definition) is 2. The van der Waals surface area contributed by atoms with E-state index in [9.17, 15) is 4.79 Å². The van der Waals surface area contributed by atoms with E-state index in [1.54, 1.807) is 12.1 Å². The standard InChI is InChI=1S/C16H22N4O/c1-2-19-15(14-5-3-13(12-17)4-6-14)11-16(21)20-9-7-18-8-10-20/h3-6,15,18-19H,2,7-11H2,1H3/t15-/m1/s1. The van der Waals surface area contributed by atoms with E-state index < -0.39 is 0 Å². The van der Waals surface area contributed by atoms with Gasteiger partial charge >= 0.3 is 0 Å². The average Bonchev–Trinajstić information content (AvgIpc) is 2.55. The van der Waals surface area contributed by atoms with Gasteiger partial charge in [-0.25, -0.2) is 0 Å². The third-order valence-corrected chi connectivity index (χ3v) is 3.74. The van der Waals surface area contributed by atoms with Crippen molar-refractivity contribution in [3.8, 4) is 6.07 Å². The maximum Gasteiger partial charge on any atom is 0.224 e. The molecule has 1 heterocycles. The van der Waals surface area contributed by atoms with Crippen molar-refractivity contribution in [3.63, 3.8) is 0 Å². The van der Waals surface area contributed by atoms with Gasteiger partial charge in [0.1, 0.15) is 0 Å². The van der Waals surface area contributed by atoms with Gasteiger partial charge in [0.25, 0.3) is 0 Å². The molecule has 1 amide bonds. The highest BCUT2D eigenvalue weighted by atomic mass is 16.2. The Balaban J connectivity index is 2.03. The maximum atomic E-state index is 12.4. The summed E-state index contributed by atoms with van der Waals surface area (Å²) in [6.45, 7) is 6.14. The van der Waals surface area contributed by atoms with Crippen LogP contribution in [0.5, 0.6) is 0 Å². The number of hydrogen-bond acceptors (Lipinski definition) is 4. The zero-order valence-electron chi connectivity index (χ0n) is 12.4. The van der Waals surface area contributed by atoms with E-state index in [1.165, 1.54) is 0 Å². The van der Waals surface area contributed by atoms with Crippen molar-refractivity contribution in [1.29, 1.82) is 5.26 Å². The Morgan fingerprint density at radius 1 is 1.38 bits per heavy atom. The first-order valence-electron chi connectivity index (χ1n) is 7.46. The molecule has 0 unspecified atom stereocenters. The summed E-state index contributed by atoms with van der Waals surface area (Å²) in [6.07, 6.45) is 0.458. The topological polar surface area (TPSA) is 68.2 Å². The van der Waals surface area contributed by atoms with Crippen molar-refractivity contribution in [2.75, 3.05) is 32.7 Å². The number of nitriles is 1. The molecule has 2 rings (SSSR count). The molecule has 1 aliphatic heterocycles. The Hall–Kier alpha value is -1.90. The molecule has 21 heavy (non-hydrogen) atoms. The number of nitrogens with one attached hydrogen (secondary N) is 2. The number of benzene rings is 1. The van der Waals surface area contributed by atoms with E-state index in [4.69, 9.17) is 5.26 Å². The van der Waals surface area contributed by atoms with Crippen LogP contribution in [0.2, 0.25) is 0 Å². The first-order valence-corrected chi connectivity index (χ1v) is 7.46. The first-order chi connectivity index (χ1) is 10.2. The van der Waals surface area contributed by atoms with Gasteiger partial charge < -0.3 is 15.5 Å². The smallest absolute Gasteiger partial charge is 0.224 e. The molecule has 112 valence electrons. The van der Waals surface area contributed by atoms with Crippen LogP contribution in [0.4, 0.5) is 0 Å². The second-order valence-electron chi connectivity index (χ2n) is 5.18. The van der Waals surface area contributed by atoms with Gasteiger partial charge in [-0.1, -0.05) is 19.1 Å². The molecule has 5 nitrogen and oxygen atoms in total. The fraction of sp³-hybridized carbons (Fsp3) is 0.500. The van der Waals surface area contributed by atoms with Crippen molar-refractivity contribution in [2.24, 2.45) is 0 Å². The molecule has 0 aliphatic carbocycles. The van der Waals surface area contributed by atoms with Crippen molar-refractivity contribution in [1.82, 2.24) is 15.5 Å².